The predicted octanol–water partition coefficient (Wildman–Crippen LogP) is 6.44. The van der Waals surface area contributed by atoms with E-state index in [0.717, 1.165) is 20.3 Å². The van der Waals surface area contributed by atoms with E-state index in [9.17, 15) is 4.79 Å². The molecule has 3 rings (SSSR count). The minimum Gasteiger partial charge on any atom is -0.478 e. The molecule has 0 spiro atoms. The van der Waals surface area contributed by atoms with Gasteiger partial charge in [-0.3, -0.25) is 0 Å². The van der Waals surface area contributed by atoms with Gasteiger partial charge in [0.25, 0.3) is 0 Å². The lowest BCUT2D eigenvalue weighted by Crippen LogP contribution is -2.02. The van der Waals surface area contributed by atoms with Gasteiger partial charge in [-0.05, 0) is 64.5 Å². The Morgan fingerprint density at radius 2 is 1.92 bits per heavy atom. The number of carboxylic acid groups (broad SMARTS) is 1. The molecule has 0 atom stereocenters. The number of hydrogen-bond donors (Lipinski definition) is 2. The summed E-state index contributed by atoms with van der Waals surface area (Å²) < 4.78 is 7.76. The van der Waals surface area contributed by atoms with Gasteiger partial charge in [0.2, 0.25) is 0 Å². The Labute approximate surface area is 166 Å². The molecule has 4 nitrogen and oxygen atoms in total. The maximum Gasteiger partial charge on any atom is 0.335 e. The van der Waals surface area contributed by atoms with E-state index >= 15 is 0 Å². The summed E-state index contributed by atoms with van der Waals surface area (Å²) in [6.45, 7) is 0.386. The van der Waals surface area contributed by atoms with Gasteiger partial charge in [0.15, 0.2) is 0 Å². The third-order valence-electron chi connectivity index (χ3n) is 3.52. The summed E-state index contributed by atoms with van der Waals surface area (Å²) in [4.78, 5) is 11.1. The standard InChI is InChI=1S/C18H12Br2ClNO3/c19-11-2-4-13(14(20)8-11)17-6-3-12(25-17)9-22-16-7-10(18(23)24)1-5-15(16)21/h1-8,22H,9H2,(H,23,24). The number of furan rings is 1. The van der Waals surface area contributed by atoms with Gasteiger partial charge in [-0.1, -0.05) is 27.5 Å². The SMILES string of the molecule is O=C(O)c1ccc(Cl)c(NCc2ccc(-c3ccc(Br)cc3Br)o2)c1. The molecule has 0 aliphatic carbocycles. The first-order chi connectivity index (χ1) is 11.9. The van der Waals surface area contributed by atoms with Crippen LogP contribution in [0.2, 0.25) is 5.02 Å². The molecule has 0 saturated carbocycles. The van der Waals surface area contributed by atoms with Gasteiger partial charge < -0.3 is 14.8 Å². The van der Waals surface area contributed by atoms with E-state index in [-0.39, 0.29) is 5.56 Å². The number of nitrogens with one attached hydrogen (secondary N) is 1. The highest BCUT2D eigenvalue weighted by atomic mass is 79.9. The summed E-state index contributed by atoms with van der Waals surface area (Å²) in [7, 11) is 0. The molecule has 0 unspecified atom stereocenters. The Morgan fingerprint density at radius 3 is 2.64 bits per heavy atom. The van der Waals surface area contributed by atoms with Crippen LogP contribution in [0.15, 0.2) is 61.9 Å². The van der Waals surface area contributed by atoms with Crippen LogP contribution in [-0.2, 0) is 6.54 Å². The largest absolute Gasteiger partial charge is 0.478 e. The van der Waals surface area contributed by atoms with Crippen LogP contribution < -0.4 is 5.32 Å². The maximum absolute atomic E-state index is 11.1. The molecule has 0 radical (unpaired) electrons. The van der Waals surface area contributed by atoms with Crippen LogP contribution >= 0.6 is 43.5 Å². The fraction of sp³-hybridized carbons (Fsp3) is 0.0556. The van der Waals surface area contributed by atoms with Crippen molar-refractivity contribution in [2.45, 2.75) is 6.54 Å². The van der Waals surface area contributed by atoms with Crippen LogP contribution in [0.1, 0.15) is 16.1 Å². The Balaban J connectivity index is 1.76. The van der Waals surface area contributed by atoms with Gasteiger partial charge in [-0.2, -0.15) is 0 Å². The number of halogens is 3. The van der Waals surface area contributed by atoms with Crippen LogP contribution in [0.5, 0.6) is 0 Å². The molecule has 3 aromatic rings. The van der Waals surface area contributed by atoms with E-state index in [0.29, 0.717) is 23.0 Å². The third-order valence-corrected chi connectivity index (χ3v) is 5.00. The monoisotopic (exact) mass is 483 g/mol. The highest BCUT2D eigenvalue weighted by Crippen LogP contribution is 2.32. The highest BCUT2D eigenvalue weighted by Gasteiger charge is 2.11. The lowest BCUT2D eigenvalue weighted by molar-refractivity contribution is 0.0697. The molecule has 2 aromatic carbocycles. The minimum atomic E-state index is -1.000. The number of carboxylic acids is 1. The maximum atomic E-state index is 11.1. The fourth-order valence-corrected chi connectivity index (χ4v) is 3.71. The molecule has 128 valence electrons. The first-order valence-corrected chi connectivity index (χ1v) is 9.21. The second-order valence-corrected chi connectivity index (χ2v) is 7.42. The summed E-state index contributed by atoms with van der Waals surface area (Å²) in [5.41, 5.74) is 1.66. The summed E-state index contributed by atoms with van der Waals surface area (Å²) >= 11 is 13.1. The van der Waals surface area contributed by atoms with E-state index in [1.807, 2.05) is 30.3 Å². The Kier molecular flexibility index (Phi) is 5.51. The quantitative estimate of drug-likeness (QED) is 0.437. The van der Waals surface area contributed by atoms with Crippen LogP contribution in [-0.4, -0.2) is 11.1 Å². The van der Waals surface area contributed by atoms with Gasteiger partial charge in [0.1, 0.15) is 11.5 Å². The van der Waals surface area contributed by atoms with Gasteiger partial charge in [0.05, 0.1) is 22.8 Å². The smallest absolute Gasteiger partial charge is 0.335 e. The number of benzene rings is 2. The molecule has 1 aromatic heterocycles. The molecule has 0 saturated heterocycles. The Hall–Kier alpha value is -1.76. The van der Waals surface area contributed by atoms with E-state index in [1.54, 1.807) is 6.07 Å². The van der Waals surface area contributed by atoms with Crippen LogP contribution in [0.3, 0.4) is 0 Å². The molecule has 2 N–H and O–H groups in total. The van der Waals surface area contributed by atoms with Crippen molar-refractivity contribution in [3.8, 4) is 11.3 Å². The summed E-state index contributed by atoms with van der Waals surface area (Å²) in [6.07, 6.45) is 0. The van der Waals surface area contributed by atoms with Crippen molar-refractivity contribution in [2.75, 3.05) is 5.32 Å². The third kappa shape index (κ3) is 4.26. The Morgan fingerprint density at radius 1 is 1.12 bits per heavy atom. The van der Waals surface area contributed by atoms with Gasteiger partial charge in [-0.15, -0.1) is 0 Å². The minimum absolute atomic E-state index is 0.172. The fourth-order valence-electron chi connectivity index (χ4n) is 2.28. The number of aromatic carboxylic acids is 1. The summed E-state index contributed by atoms with van der Waals surface area (Å²) in [5.74, 6) is 0.447. The van der Waals surface area contributed by atoms with Crippen molar-refractivity contribution in [2.24, 2.45) is 0 Å². The predicted molar refractivity (Wildman–Crippen MR) is 105 cm³/mol. The molecule has 7 heteroatoms. The van der Waals surface area contributed by atoms with Crippen LogP contribution in [0.4, 0.5) is 5.69 Å². The van der Waals surface area contributed by atoms with E-state index in [4.69, 9.17) is 21.1 Å². The summed E-state index contributed by atoms with van der Waals surface area (Å²) in [6, 6.07) is 14.1. The average molecular weight is 486 g/mol. The molecule has 0 aliphatic heterocycles. The Bertz CT molecular complexity index is 940. The van der Waals surface area contributed by atoms with Crippen molar-refractivity contribution in [1.82, 2.24) is 0 Å². The number of anilines is 1. The van der Waals surface area contributed by atoms with Crippen LogP contribution in [0.25, 0.3) is 11.3 Å². The second-order valence-electron chi connectivity index (χ2n) is 5.24. The molecule has 0 aliphatic rings. The van der Waals surface area contributed by atoms with E-state index < -0.39 is 5.97 Å². The zero-order chi connectivity index (χ0) is 18.0. The van der Waals surface area contributed by atoms with Crippen molar-refractivity contribution in [3.63, 3.8) is 0 Å². The number of carbonyl (C=O) groups is 1. The molecule has 1 heterocycles. The molecule has 0 amide bonds. The van der Waals surface area contributed by atoms with Crippen molar-refractivity contribution < 1.29 is 14.3 Å². The lowest BCUT2D eigenvalue weighted by Gasteiger charge is -2.08. The van der Waals surface area contributed by atoms with E-state index in [1.165, 1.54) is 12.1 Å². The lowest BCUT2D eigenvalue weighted by atomic mass is 10.2. The van der Waals surface area contributed by atoms with Crippen molar-refractivity contribution >= 4 is 55.1 Å². The van der Waals surface area contributed by atoms with Crippen molar-refractivity contribution in [3.05, 3.63) is 73.8 Å². The van der Waals surface area contributed by atoms with Gasteiger partial charge in [-0.25, -0.2) is 4.79 Å². The van der Waals surface area contributed by atoms with Crippen molar-refractivity contribution in [1.29, 1.82) is 0 Å². The topological polar surface area (TPSA) is 62.5 Å². The molecular weight excluding hydrogens is 473 g/mol. The first-order valence-electron chi connectivity index (χ1n) is 7.25. The first kappa shape index (κ1) is 18.0. The number of rotatable bonds is 5. The normalized spacial score (nSPS) is 10.7. The zero-order valence-corrected chi connectivity index (χ0v) is 16.7. The van der Waals surface area contributed by atoms with Gasteiger partial charge >= 0.3 is 5.97 Å². The highest BCUT2D eigenvalue weighted by molar-refractivity contribution is 9.11. The molecule has 0 fully saturated rings. The zero-order valence-electron chi connectivity index (χ0n) is 12.7. The van der Waals surface area contributed by atoms with Crippen LogP contribution in [0, 0.1) is 0 Å². The molecular formula is C18H12Br2ClNO3. The van der Waals surface area contributed by atoms with E-state index in [2.05, 4.69) is 37.2 Å². The molecule has 25 heavy (non-hydrogen) atoms. The second kappa shape index (κ2) is 7.64. The number of hydrogen-bond acceptors (Lipinski definition) is 3. The molecule has 0 bridgehead atoms. The summed E-state index contributed by atoms with van der Waals surface area (Å²) in [5, 5.41) is 12.6. The van der Waals surface area contributed by atoms with Gasteiger partial charge in [0, 0.05) is 14.5 Å². The average Bonchev–Trinajstić information content (AvgIpc) is 3.02.